The Balaban J connectivity index is 1.81. The van der Waals surface area contributed by atoms with E-state index in [4.69, 9.17) is 4.74 Å². The summed E-state index contributed by atoms with van der Waals surface area (Å²) in [7, 11) is 0. The van der Waals surface area contributed by atoms with Gasteiger partial charge in [0.1, 0.15) is 5.75 Å². The van der Waals surface area contributed by atoms with Crippen LogP contribution in [-0.4, -0.2) is 24.5 Å². The Hall–Kier alpha value is -3.02. The minimum atomic E-state index is -0.107. The Morgan fingerprint density at radius 2 is 1.62 bits per heavy atom. The molecule has 138 valence electrons. The number of hydrogen-bond acceptors (Lipinski definition) is 4. The second kappa shape index (κ2) is 9.46. The predicted molar refractivity (Wildman–Crippen MR) is 105 cm³/mol. The summed E-state index contributed by atoms with van der Waals surface area (Å²) in [4.78, 5) is 23.2. The van der Waals surface area contributed by atoms with Gasteiger partial charge in [-0.15, -0.1) is 0 Å². The van der Waals surface area contributed by atoms with Crippen molar-refractivity contribution in [2.75, 3.05) is 22.5 Å². The third kappa shape index (κ3) is 6.47. The van der Waals surface area contributed by atoms with E-state index in [1.54, 1.807) is 0 Å². The van der Waals surface area contributed by atoms with E-state index in [1.165, 1.54) is 6.92 Å². The Morgan fingerprint density at radius 1 is 0.962 bits per heavy atom. The molecule has 0 spiro atoms. The smallest absolute Gasteiger partial charge is 0.226 e. The van der Waals surface area contributed by atoms with Gasteiger partial charge in [-0.1, -0.05) is 12.1 Å². The number of carbonyl (C=O) groups is 2. The lowest BCUT2D eigenvalue weighted by Crippen LogP contribution is -2.17. The van der Waals surface area contributed by atoms with Crippen molar-refractivity contribution in [2.45, 2.75) is 33.3 Å². The van der Waals surface area contributed by atoms with Gasteiger partial charge in [-0.25, -0.2) is 0 Å². The summed E-state index contributed by atoms with van der Waals surface area (Å²) < 4.78 is 5.70. The molecule has 0 aromatic heterocycles. The fourth-order valence-electron chi connectivity index (χ4n) is 2.33. The maximum Gasteiger partial charge on any atom is 0.226 e. The fraction of sp³-hybridized carbons (Fsp3) is 0.300. The maximum atomic E-state index is 12.2. The molecule has 6 nitrogen and oxygen atoms in total. The molecule has 0 saturated carbocycles. The van der Waals surface area contributed by atoms with Gasteiger partial charge in [0.15, 0.2) is 0 Å². The van der Waals surface area contributed by atoms with Crippen molar-refractivity contribution in [1.82, 2.24) is 0 Å². The SMILES string of the molecule is CC(=O)Nc1ccc(NCCC(=O)Nc2ccccc2OC(C)C)cc1. The van der Waals surface area contributed by atoms with Crippen molar-refractivity contribution in [2.24, 2.45) is 0 Å². The molecule has 0 radical (unpaired) electrons. The van der Waals surface area contributed by atoms with Crippen LogP contribution < -0.4 is 20.7 Å². The molecule has 0 saturated heterocycles. The lowest BCUT2D eigenvalue weighted by atomic mass is 10.2. The summed E-state index contributed by atoms with van der Waals surface area (Å²) in [5.41, 5.74) is 2.30. The van der Waals surface area contributed by atoms with E-state index in [0.717, 1.165) is 11.4 Å². The molecule has 0 fully saturated rings. The zero-order chi connectivity index (χ0) is 18.9. The summed E-state index contributed by atoms with van der Waals surface area (Å²) in [6, 6.07) is 14.7. The van der Waals surface area contributed by atoms with Crippen molar-refractivity contribution in [3.63, 3.8) is 0 Å². The molecule has 6 heteroatoms. The van der Waals surface area contributed by atoms with Crippen LogP contribution in [0.5, 0.6) is 5.75 Å². The minimum absolute atomic E-state index is 0.0372. The number of carbonyl (C=O) groups excluding carboxylic acids is 2. The van der Waals surface area contributed by atoms with Gasteiger partial charge in [0, 0.05) is 31.3 Å². The fourth-order valence-corrected chi connectivity index (χ4v) is 2.33. The standard InChI is InChI=1S/C20H25N3O3/c1-14(2)26-19-7-5-4-6-18(19)23-20(25)12-13-21-16-8-10-17(11-9-16)22-15(3)24/h4-11,14,21H,12-13H2,1-3H3,(H,22,24)(H,23,25). The quantitative estimate of drug-likeness (QED) is 0.671. The van der Waals surface area contributed by atoms with Gasteiger partial charge in [-0.05, 0) is 50.2 Å². The van der Waals surface area contributed by atoms with Crippen LogP contribution in [0.4, 0.5) is 17.1 Å². The van der Waals surface area contributed by atoms with Gasteiger partial charge in [0.05, 0.1) is 11.8 Å². The van der Waals surface area contributed by atoms with Crippen LogP contribution in [0.25, 0.3) is 0 Å². The number of hydrogen-bond donors (Lipinski definition) is 3. The minimum Gasteiger partial charge on any atom is -0.489 e. The second-order valence-electron chi connectivity index (χ2n) is 6.15. The van der Waals surface area contributed by atoms with Gasteiger partial charge >= 0.3 is 0 Å². The van der Waals surface area contributed by atoms with Crippen molar-refractivity contribution in [3.05, 3.63) is 48.5 Å². The molecule has 2 aromatic carbocycles. The van der Waals surface area contributed by atoms with Gasteiger partial charge in [-0.3, -0.25) is 9.59 Å². The van der Waals surface area contributed by atoms with Crippen LogP contribution in [0.15, 0.2) is 48.5 Å². The van der Waals surface area contributed by atoms with Crippen LogP contribution >= 0.6 is 0 Å². The topological polar surface area (TPSA) is 79.5 Å². The first kappa shape index (κ1) is 19.3. The van der Waals surface area contributed by atoms with Crippen LogP contribution in [0.2, 0.25) is 0 Å². The monoisotopic (exact) mass is 355 g/mol. The van der Waals surface area contributed by atoms with E-state index >= 15 is 0 Å². The van der Waals surface area contributed by atoms with E-state index in [0.29, 0.717) is 24.4 Å². The van der Waals surface area contributed by atoms with Crippen molar-refractivity contribution in [3.8, 4) is 5.75 Å². The number of benzene rings is 2. The van der Waals surface area contributed by atoms with E-state index in [-0.39, 0.29) is 17.9 Å². The predicted octanol–water partition coefficient (Wildman–Crippen LogP) is 3.87. The molecule has 2 rings (SSSR count). The first-order valence-electron chi connectivity index (χ1n) is 8.61. The molecule has 26 heavy (non-hydrogen) atoms. The average molecular weight is 355 g/mol. The summed E-state index contributed by atoms with van der Waals surface area (Å²) in [6.45, 7) is 5.85. The molecule has 0 atom stereocenters. The van der Waals surface area contributed by atoms with E-state index in [1.807, 2.05) is 62.4 Å². The Morgan fingerprint density at radius 3 is 2.27 bits per heavy atom. The first-order chi connectivity index (χ1) is 12.4. The van der Waals surface area contributed by atoms with Gasteiger partial charge in [0.2, 0.25) is 11.8 Å². The molecule has 2 aromatic rings. The third-order valence-corrected chi connectivity index (χ3v) is 3.41. The first-order valence-corrected chi connectivity index (χ1v) is 8.61. The number of ether oxygens (including phenoxy) is 1. The Bertz CT molecular complexity index is 742. The molecular formula is C20H25N3O3. The number of rotatable bonds is 8. The highest BCUT2D eigenvalue weighted by molar-refractivity contribution is 5.92. The number of nitrogens with one attached hydrogen (secondary N) is 3. The van der Waals surface area contributed by atoms with Crippen molar-refractivity contribution < 1.29 is 14.3 Å². The molecular weight excluding hydrogens is 330 g/mol. The maximum absolute atomic E-state index is 12.2. The number of para-hydroxylation sites is 2. The summed E-state index contributed by atoms with van der Waals surface area (Å²) in [6.07, 6.45) is 0.360. The van der Waals surface area contributed by atoms with E-state index < -0.39 is 0 Å². The molecule has 0 unspecified atom stereocenters. The van der Waals surface area contributed by atoms with Crippen LogP contribution in [0.1, 0.15) is 27.2 Å². The highest BCUT2D eigenvalue weighted by atomic mass is 16.5. The number of anilines is 3. The number of amides is 2. The molecule has 0 aliphatic carbocycles. The molecule has 0 bridgehead atoms. The average Bonchev–Trinajstić information content (AvgIpc) is 2.57. The Labute approximate surface area is 153 Å². The summed E-state index contributed by atoms with van der Waals surface area (Å²) >= 11 is 0. The van der Waals surface area contributed by atoms with Gasteiger partial charge < -0.3 is 20.7 Å². The second-order valence-corrected chi connectivity index (χ2v) is 6.15. The van der Waals surface area contributed by atoms with Crippen LogP contribution in [-0.2, 0) is 9.59 Å². The zero-order valence-corrected chi connectivity index (χ0v) is 15.3. The van der Waals surface area contributed by atoms with E-state index in [2.05, 4.69) is 16.0 Å². The lowest BCUT2D eigenvalue weighted by molar-refractivity contribution is -0.116. The Kier molecular flexibility index (Phi) is 7.02. The van der Waals surface area contributed by atoms with Crippen LogP contribution in [0.3, 0.4) is 0 Å². The summed E-state index contributed by atoms with van der Waals surface area (Å²) in [5.74, 6) is 0.466. The molecule has 2 amide bonds. The third-order valence-electron chi connectivity index (χ3n) is 3.41. The molecule has 0 heterocycles. The largest absolute Gasteiger partial charge is 0.489 e. The van der Waals surface area contributed by atoms with Gasteiger partial charge in [-0.2, -0.15) is 0 Å². The highest BCUT2D eigenvalue weighted by Gasteiger charge is 2.08. The van der Waals surface area contributed by atoms with E-state index in [9.17, 15) is 9.59 Å². The molecule has 0 aliphatic heterocycles. The normalized spacial score (nSPS) is 10.3. The zero-order valence-electron chi connectivity index (χ0n) is 15.3. The van der Waals surface area contributed by atoms with Gasteiger partial charge in [0.25, 0.3) is 0 Å². The van der Waals surface area contributed by atoms with Crippen LogP contribution in [0, 0.1) is 0 Å². The highest BCUT2D eigenvalue weighted by Crippen LogP contribution is 2.25. The summed E-state index contributed by atoms with van der Waals surface area (Å²) in [5, 5.41) is 8.77. The van der Waals surface area contributed by atoms with Crippen molar-refractivity contribution >= 4 is 28.9 Å². The lowest BCUT2D eigenvalue weighted by Gasteiger charge is -2.15. The molecule has 0 aliphatic rings. The van der Waals surface area contributed by atoms with Crippen molar-refractivity contribution in [1.29, 1.82) is 0 Å². The molecule has 3 N–H and O–H groups in total.